The topological polar surface area (TPSA) is 41.5 Å². The lowest BCUT2D eigenvalue weighted by Gasteiger charge is -2.30. The van der Waals surface area contributed by atoms with Gasteiger partial charge in [-0.25, -0.2) is 0 Å². The first kappa shape index (κ1) is 14.1. The predicted octanol–water partition coefficient (Wildman–Crippen LogP) is 2.52. The van der Waals surface area contributed by atoms with E-state index in [4.69, 9.17) is 4.74 Å². The van der Waals surface area contributed by atoms with Crippen LogP contribution in [0.25, 0.3) is 0 Å². The lowest BCUT2D eigenvalue weighted by molar-refractivity contribution is 0.121. The summed E-state index contributed by atoms with van der Waals surface area (Å²) in [6.07, 6.45) is 4.56. The van der Waals surface area contributed by atoms with E-state index in [1.54, 1.807) is 0 Å². The number of hydrogen-bond acceptors (Lipinski definition) is 3. The average molecular weight is 275 g/mol. The fraction of sp³-hybridized carbons (Fsp3) is 0.647. The zero-order valence-corrected chi connectivity index (χ0v) is 12.1. The molecule has 3 rings (SSSR count). The van der Waals surface area contributed by atoms with Crippen molar-refractivity contribution >= 4 is 0 Å². The number of benzene rings is 1. The third kappa shape index (κ3) is 3.22. The zero-order chi connectivity index (χ0) is 13.8. The number of ether oxygens (including phenoxy) is 1. The summed E-state index contributed by atoms with van der Waals surface area (Å²) in [7, 11) is 0. The van der Waals surface area contributed by atoms with Crippen LogP contribution < -0.4 is 5.32 Å². The Morgan fingerprint density at radius 1 is 1.30 bits per heavy atom. The Balaban J connectivity index is 1.65. The molecule has 2 unspecified atom stereocenters. The van der Waals surface area contributed by atoms with Crippen LogP contribution >= 0.6 is 0 Å². The maximum absolute atomic E-state index is 9.31. The van der Waals surface area contributed by atoms with Crippen molar-refractivity contribution in [1.29, 1.82) is 0 Å². The van der Waals surface area contributed by atoms with E-state index >= 15 is 0 Å². The Labute approximate surface area is 121 Å². The van der Waals surface area contributed by atoms with Crippen molar-refractivity contribution in [1.82, 2.24) is 5.32 Å². The first-order chi connectivity index (χ1) is 9.83. The molecule has 2 atom stereocenters. The predicted molar refractivity (Wildman–Crippen MR) is 79.5 cm³/mol. The highest BCUT2D eigenvalue weighted by molar-refractivity contribution is 5.21. The smallest absolute Gasteiger partial charge is 0.0536 e. The van der Waals surface area contributed by atoms with Crippen LogP contribution in [0.15, 0.2) is 30.3 Å². The summed E-state index contributed by atoms with van der Waals surface area (Å²) in [4.78, 5) is 0. The first-order valence-electron chi connectivity index (χ1n) is 7.80. The van der Waals surface area contributed by atoms with Gasteiger partial charge < -0.3 is 15.2 Å². The fourth-order valence-electron chi connectivity index (χ4n) is 3.28. The molecular weight excluding hydrogens is 250 g/mol. The third-order valence-electron chi connectivity index (χ3n) is 4.78. The van der Waals surface area contributed by atoms with Crippen molar-refractivity contribution < 1.29 is 9.84 Å². The lowest BCUT2D eigenvalue weighted by atomic mass is 9.83. The van der Waals surface area contributed by atoms with Gasteiger partial charge in [0.15, 0.2) is 0 Å². The molecule has 3 heteroatoms. The number of rotatable bonds is 7. The molecule has 20 heavy (non-hydrogen) atoms. The highest BCUT2D eigenvalue weighted by atomic mass is 16.5. The van der Waals surface area contributed by atoms with E-state index in [1.165, 1.54) is 18.4 Å². The molecule has 1 heterocycles. The van der Waals surface area contributed by atoms with Crippen LogP contribution in [0.4, 0.5) is 0 Å². The maximum Gasteiger partial charge on any atom is 0.0536 e. The molecular formula is C17H25NO2. The summed E-state index contributed by atoms with van der Waals surface area (Å²) in [5.41, 5.74) is 1.53. The molecule has 1 aromatic rings. The minimum Gasteiger partial charge on any atom is -0.396 e. The molecule has 1 saturated carbocycles. The van der Waals surface area contributed by atoms with Gasteiger partial charge in [0.05, 0.1) is 6.61 Å². The van der Waals surface area contributed by atoms with E-state index in [-0.39, 0.29) is 12.0 Å². The van der Waals surface area contributed by atoms with E-state index in [0.29, 0.717) is 6.04 Å². The Morgan fingerprint density at radius 3 is 2.70 bits per heavy atom. The van der Waals surface area contributed by atoms with Gasteiger partial charge in [0.2, 0.25) is 0 Å². The molecule has 1 aliphatic carbocycles. The van der Waals surface area contributed by atoms with Gasteiger partial charge in [0, 0.05) is 31.2 Å². The Morgan fingerprint density at radius 2 is 2.10 bits per heavy atom. The number of nitrogens with one attached hydrogen (secondary N) is 1. The van der Waals surface area contributed by atoms with Crippen molar-refractivity contribution in [3.8, 4) is 0 Å². The second-order valence-corrected chi connectivity index (χ2v) is 6.38. The van der Waals surface area contributed by atoms with Crippen LogP contribution in [0.3, 0.4) is 0 Å². The average Bonchev–Trinajstić information content (AvgIpc) is 3.21. The minimum absolute atomic E-state index is 0.136. The Kier molecular flexibility index (Phi) is 4.39. The first-order valence-corrected chi connectivity index (χ1v) is 7.80. The van der Waals surface area contributed by atoms with Gasteiger partial charge in [0.1, 0.15) is 0 Å². The van der Waals surface area contributed by atoms with Crippen molar-refractivity contribution in [3.05, 3.63) is 35.9 Å². The highest BCUT2D eigenvalue weighted by Gasteiger charge is 2.37. The quantitative estimate of drug-likeness (QED) is 0.803. The van der Waals surface area contributed by atoms with Gasteiger partial charge in [0.25, 0.3) is 0 Å². The largest absolute Gasteiger partial charge is 0.396 e. The van der Waals surface area contributed by atoms with E-state index < -0.39 is 0 Å². The molecule has 110 valence electrons. The summed E-state index contributed by atoms with van der Waals surface area (Å²) in [5, 5.41) is 13.1. The van der Waals surface area contributed by atoms with Crippen molar-refractivity contribution in [2.24, 2.45) is 11.3 Å². The van der Waals surface area contributed by atoms with Gasteiger partial charge in [-0.05, 0) is 37.2 Å². The van der Waals surface area contributed by atoms with Crippen LogP contribution in [0.1, 0.15) is 37.3 Å². The van der Waals surface area contributed by atoms with E-state index in [0.717, 1.165) is 38.5 Å². The van der Waals surface area contributed by atoms with Crippen LogP contribution in [0, 0.1) is 11.3 Å². The molecule has 0 bridgehead atoms. The lowest BCUT2D eigenvalue weighted by Crippen LogP contribution is -2.38. The summed E-state index contributed by atoms with van der Waals surface area (Å²) in [5.74, 6) is 0.783. The van der Waals surface area contributed by atoms with Crippen LogP contribution in [-0.4, -0.2) is 31.5 Å². The second kappa shape index (κ2) is 6.25. The highest BCUT2D eigenvalue weighted by Crippen LogP contribution is 2.42. The monoisotopic (exact) mass is 275 g/mol. The summed E-state index contributed by atoms with van der Waals surface area (Å²) >= 11 is 0. The Bertz CT molecular complexity index is 410. The molecule has 1 aliphatic heterocycles. The van der Waals surface area contributed by atoms with E-state index in [1.807, 2.05) is 0 Å². The second-order valence-electron chi connectivity index (χ2n) is 6.38. The fourth-order valence-corrected chi connectivity index (χ4v) is 3.28. The maximum atomic E-state index is 9.31. The molecule has 0 aromatic heterocycles. The molecule has 2 aliphatic rings. The molecule has 1 aromatic carbocycles. The van der Waals surface area contributed by atoms with Crippen LogP contribution in [-0.2, 0) is 4.74 Å². The zero-order valence-electron chi connectivity index (χ0n) is 12.1. The Hall–Kier alpha value is -0.900. The van der Waals surface area contributed by atoms with Crippen molar-refractivity contribution in [2.75, 3.05) is 26.4 Å². The van der Waals surface area contributed by atoms with Gasteiger partial charge in [-0.3, -0.25) is 0 Å². The summed E-state index contributed by atoms with van der Waals surface area (Å²) in [6, 6.07) is 11.2. The van der Waals surface area contributed by atoms with E-state index in [9.17, 15) is 5.11 Å². The minimum atomic E-state index is 0.136. The van der Waals surface area contributed by atoms with Crippen molar-refractivity contribution in [3.63, 3.8) is 0 Å². The third-order valence-corrected chi connectivity index (χ3v) is 4.78. The molecule has 0 spiro atoms. The SMILES string of the molecule is OCCC1(CNC(c2ccccc2)C2CC2)CCOC1. The normalized spacial score (nSPS) is 27.6. The van der Waals surface area contributed by atoms with Crippen LogP contribution in [0.5, 0.6) is 0 Å². The number of aliphatic hydroxyl groups excluding tert-OH is 1. The molecule has 3 nitrogen and oxygen atoms in total. The summed E-state index contributed by atoms with van der Waals surface area (Å²) in [6.45, 7) is 2.82. The summed E-state index contributed by atoms with van der Waals surface area (Å²) < 4.78 is 5.58. The van der Waals surface area contributed by atoms with E-state index in [2.05, 4.69) is 35.6 Å². The molecule has 0 radical (unpaired) electrons. The van der Waals surface area contributed by atoms with Gasteiger partial charge in [-0.15, -0.1) is 0 Å². The molecule has 0 amide bonds. The van der Waals surface area contributed by atoms with Crippen LogP contribution in [0.2, 0.25) is 0 Å². The van der Waals surface area contributed by atoms with Gasteiger partial charge in [-0.1, -0.05) is 30.3 Å². The standard InChI is InChI=1S/C17H25NO2/c19-10-8-17(9-11-20-13-17)12-18-16(15-6-7-15)14-4-2-1-3-5-14/h1-5,15-16,18-19H,6-13H2. The molecule has 2 N–H and O–H groups in total. The number of aliphatic hydroxyl groups is 1. The van der Waals surface area contributed by atoms with Gasteiger partial charge >= 0.3 is 0 Å². The number of hydrogen-bond donors (Lipinski definition) is 2. The molecule has 2 fully saturated rings. The van der Waals surface area contributed by atoms with Crippen molar-refractivity contribution in [2.45, 2.75) is 31.7 Å². The molecule has 1 saturated heterocycles. The van der Waals surface area contributed by atoms with Gasteiger partial charge in [-0.2, -0.15) is 0 Å².